The van der Waals surface area contributed by atoms with E-state index in [9.17, 15) is 21.0 Å². The molecule has 0 radical (unpaired) electrons. The zero-order chi connectivity index (χ0) is 47.6. The Morgan fingerprint density at radius 1 is 0.300 bits per heavy atom. The second-order valence-electron chi connectivity index (χ2n) is 16.7. The maximum atomic E-state index is 10.8. The van der Waals surface area contributed by atoms with Crippen molar-refractivity contribution in [2.45, 2.75) is 11.8 Å². The summed E-state index contributed by atoms with van der Waals surface area (Å²) < 4.78 is 0. The van der Waals surface area contributed by atoms with Gasteiger partial charge in [-0.3, -0.25) is 19.9 Å². The third-order valence-corrected chi connectivity index (χ3v) is 13.1. The summed E-state index contributed by atoms with van der Waals surface area (Å²) in [4.78, 5) is 16.8. The van der Waals surface area contributed by atoms with Gasteiger partial charge in [-0.1, -0.05) is 97.1 Å². The van der Waals surface area contributed by atoms with Crippen LogP contribution < -0.4 is 10.6 Å². The van der Waals surface area contributed by atoms with Crippen LogP contribution in [-0.4, -0.2) is 19.9 Å². The van der Waals surface area contributed by atoms with E-state index in [4.69, 9.17) is 0 Å². The summed E-state index contributed by atoms with van der Waals surface area (Å²) >= 11 is 0. The van der Waals surface area contributed by atoms with Gasteiger partial charge in [0.15, 0.2) is 0 Å². The number of aromatic nitrogens is 4. The van der Waals surface area contributed by atoms with Crippen molar-refractivity contribution in [2.75, 3.05) is 0 Å². The van der Waals surface area contributed by atoms with Crippen molar-refractivity contribution in [3.8, 4) is 46.5 Å². The second kappa shape index (κ2) is 18.2. The lowest BCUT2D eigenvalue weighted by Gasteiger charge is -2.29. The van der Waals surface area contributed by atoms with Crippen LogP contribution in [0.25, 0.3) is 66.6 Å². The van der Waals surface area contributed by atoms with Crippen molar-refractivity contribution in [3.63, 3.8) is 0 Å². The summed E-state index contributed by atoms with van der Waals surface area (Å²) in [5.74, 6) is -1.30. The van der Waals surface area contributed by atoms with Crippen molar-refractivity contribution in [1.29, 1.82) is 21.0 Å². The van der Waals surface area contributed by atoms with Crippen LogP contribution in [0.3, 0.4) is 0 Å². The number of fused-ring (bicyclic) bond motifs is 2. The maximum absolute atomic E-state index is 10.8. The Bertz CT molecular complexity index is 3370. The van der Waals surface area contributed by atoms with Crippen LogP contribution in [0.15, 0.2) is 217 Å². The first kappa shape index (κ1) is 42.4. The van der Waals surface area contributed by atoms with Crippen LogP contribution in [0.5, 0.6) is 0 Å². The Balaban J connectivity index is 1.03. The average Bonchev–Trinajstić information content (AvgIpc) is 3.44. The van der Waals surface area contributed by atoms with E-state index < -0.39 is 11.8 Å². The first-order chi connectivity index (χ1) is 34.6. The smallest absolute Gasteiger partial charge is 0.0979 e. The number of nitrogens with one attached hydrogen (secondary N) is 2. The molecule has 0 saturated heterocycles. The minimum absolute atomic E-state index is 0.433. The van der Waals surface area contributed by atoms with Crippen LogP contribution in [0.1, 0.15) is 45.2 Å². The molecule has 6 heterocycles. The second-order valence-corrected chi connectivity index (χ2v) is 16.7. The molecule has 2 aliphatic rings. The van der Waals surface area contributed by atoms with Gasteiger partial charge in [0.1, 0.15) is 0 Å². The third kappa shape index (κ3) is 7.28. The van der Waals surface area contributed by atoms with Gasteiger partial charge >= 0.3 is 0 Å². The fourth-order valence-electron chi connectivity index (χ4n) is 9.95. The molecule has 0 amide bonds. The van der Waals surface area contributed by atoms with Crippen LogP contribution in [0.2, 0.25) is 0 Å². The van der Waals surface area contributed by atoms with Crippen LogP contribution in [-0.2, 0) is 0 Å². The lowest BCUT2D eigenvalue weighted by Crippen LogP contribution is -2.24. The normalized spacial score (nSPS) is 14.1. The fourth-order valence-corrected chi connectivity index (χ4v) is 9.95. The summed E-state index contributed by atoms with van der Waals surface area (Å²) in [5.41, 5.74) is 13.0. The van der Waals surface area contributed by atoms with Gasteiger partial charge < -0.3 is 10.6 Å². The van der Waals surface area contributed by atoms with Gasteiger partial charge in [0.25, 0.3) is 0 Å². The summed E-state index contributed by atoms with van der Waals surface area (Å²) in [5, 5.41) is 54.3. The number of rotatable bonds is 8. The third-order valence-electron chi connectivity index (χ3n) is 13.1. The van der Waals surface area contributed by atoms with Gasteiger partial charge in [0, 0.05) is 71.8 Å². The molecule has 0 unspecified atom stereocenters. The largest absolute Gasteiger partial charge is 0.353 e. The first-order valence-electron chi connectivity index (χ1n) is 22.5. The molecular formula is C60H36N10. The molecule has 10 heteroatoms. The highest BCUT2D eigenvalue weighted by molar-refractivity contribution is 6.21. The lowest BCUT2D eigenvalue weighted by atomic mass is 9.78. The highest BCUT2D eigenvalue weighted by atomic mass is 14.9. The van der Waals surface area contributed by atoms with E-state index >= 15 is 0 Å². The van der Waals surface area contributed by atoms with Gasteiger partial charge in [-0.15, -0.1) is 0 Å². The minimum Gasteiger partial charge on any atom is -0.353 e. The molecule has 0 fully saturated rings. The maximum Gasteiger partial charge on any atom is 0.0979 e. The van der Waals surface area contributed by atoms with E-state index in [-0.39, 0.29) is 0 Å². The van der Waals surface area contributed by atoms with Crippen molar-refractivity contribution < 1.29 is 0 Å². The SMILES string of the molecule is N#CC1=C(c2ccncc2)NC(c2ccncc2)=C(C#N)C1c1ccc(-c2c3ccccc3c(-c3ccc(C4C(C#N)=C(c5ccncc5)NC(c5ccncc5)=C4C#N)cc3)c3ccccc23)cc1. The zero-order valence-electron chi connectivity index (χ0n) is 37.2. The molecule has 70 heavy (non-hydrogen) atoms. The number of hydrogen-bond acceptors (Lipinski definition) is 10. The molecule has 5 aromatic carbocycles. The lowest BCUT2D eigenvalue weighted by molar-refractivity contribution is 0.937. The highest BCUT2D eigenvalue weighted by Crippen LogP contribution is 2.48. The summed E-state index contributed by atoms with van der Waals surface area (Å²) in [7, 11) is 0. The number of pyridine rings is 4. The standard InChI is InChI=1S/C60H36N10/c61-33-49-55(50(34-62)58(42-19-27-66-28-20-42)69-57(49)41-17-25-65-26-18-41)39-13-9-37(10-14-39)53-45-5-1-2-6-46(45)54(48-8-4-3-7-47(48)53)38-11-15-40(16-12-38)56-51(35-63)59(43-21-29-67-30-22-43)70-60(52(56)36-64)44-23-31-68-32-24-44/h1-32,55-56,69-70H. The average molecular weight is 897 g/mol. The van der Waals surface area contributed by atoms with Crippen molar-refractivity contribution in [3.05, 3.63) is 251 Å². The number of benzene rings is 5. The molecule has 326 valence electrons. The van der Waals surface area contributed by atoms with E-state index in [0.717, 1.165) is 77.2 Å². The van der Waals surface area contributed by atoms with Crippen molar-refractivity contribution in [2.24, 2.45) is 0 Å². The van der Waals surface area contributed by atoms with Gasteiger partial charge in [-0.2, -0.15) is 21.0 Å². The minimum atomic E-state index is -0.649. The predicted octanol–water partition coefficient (Wildman–Crippen LogP) is 12.0. The number of nitriles is 4. The number of allylic oxidation sites excluding steroid dienone is 4. The molecule has 2 aliphatic heterocycles. The zero-order valence-corrected chi connectivity index (χ0v) is 37.2. The molecule has 9 aromatic rings. The molecule has 10 nitrogen and oxygen atoms in total. The van der Waals surface area contributed by atoms with Gasteiger partial charge in [-0.25, -0.2) is 0 Å². The van der Waals surface area contributed by atoms with Crippen LogP contribution in [0.4, 0.5) is 0 Å². The molecular weight excluding hydrogens is 861 g/mol. The highest BCUT2D eigenvalue weighted by Gasteiger charge is 2.35. The van der Waals surface area contributed by atoms with E-state index in [1.165, 1.54) is 0 Å². The molecule has 11 rings (SSSR count). The van der Waals surface area contributed by atoms with Gasteiger partial charge in [0.05, 0.1) is 81.2 Å². The molecule has 0 bridgehead atoms. The first-order valence-corrected chi connectivity index (χ1v) is 22.5. The predicted molar refractivity (Wildman–Crippen MR) is 271 cm³/mol. The number of hydrogen-bond donors (Lipinski definition) is 2. The molecule has 0 saturated carbocycles. The fraction of sp³-hybridized carbons (Fsp3) is 0.0333. The Hall–Kier alpha value is -10.3. The van der Waals surface area contributed by atoms with Crippen LogP contribution >= 0.6 is 0 Å². The summed E-state index contributed by atoms with van der Waals surface area (Å²) in [6, 6.07) is 57.9. The molecule has 0 atom stereocenters. The summed E-state index contributed by atoms with van der Waals surface area (Å²) in [6.45, 7) is 0. The van der Waals surface area contributed by atoms with Crippen molar-refractivity contribution in [1.82, 2.24) is 30.6 Å². The van der Waals surface area contributed by atoms with E-state index in [2.05, 4.69) is 128 Å². The van der Waals surface area contributed by atoms with E-state index in [1.54, 1.807) is 49.6 Å². The molecule has 0 aliphatic carbocycles. The molecule has 0 spiro atoms. The van der Waals surface area contributed by atoms with E-state index in [0.29, 0.717) is 45.1 Å². The Kier molecular flexibility index (Phi) is 11.0. The topological polar surface area (TPSA) is 171 Å². The Morgan fingerprint density at radius 3 is 0.771 bits per heavy atom. The molecule has 2 N–H and O–H groups in total. The van der Waals surface area contributed by atoms with Crippen LogP contribution in [0, 0.1) is 45.3 Å². The van der Waals surface area contributed by atoms with E-state index in [1.807, 2.05) is 72.8 Å². The quantitative estimate of drug-likeness (QED) is 0.140. The Morgan fingerprint density at radius 2 is 0.543 bits per heavy atom. The number of dihydropyridines is 2. The van der Waals surface area contributed by atoms with Gasteiger partial charge in [0.2, 0.25) is 0 Å². The number of nitrogens with zero attached hydrogens (tertiary/aromatic N) is 8. The monoisotopic (exact) mass is 896 g/mol. The molecule has 4 aromatic heterocycles. The van der Waals surface area contributed by atoms with Crippen molar-refractivity contribution >= 4 is 44.3 Å². The van der Waals surface area contributed by atoms with Gasteiger partial charge in [-0.05, 0) is 103 Å². The summed E-state index contributed by atoms with van der Waals surface area (Å²) in [6.07, 6.45) is 13.5. The Labute approximate surface area is 403 Å².